The van der Waals surface area contributed by atoms with Crippen molar-refractivity contribution in [2.24, 2.45) is 0 Å². The Labute approximate surface area is 120 Å². The van der Waals surface area contributed by atoms with E-state index in [4.69, 9.17) is 14.6 Å². The molecule has 0 aliphatic carbocycles. The van der Waals surface area contributed by atoms with E-state index in [0.29, 0.717) is 6.61 Å². The van der Waals surface area contributed by atoms with Crippen molar-refractivity contribution in [3.63, 3.8) is 0 Å². The third-order valence-electron chi connectivity index (χ3n) is 3.63. The summed E-state index contributed by atoms with van der Waals surface area (Å²) in [6.07, 6.45) is 0.851. The summed E-state index contributed by atoms with van der Waals surface area (Å²) in [7, 11) is 0. The van der Waals surface area contributed by atoms with Gasteiger partial charge in [-0.2, -0.15) is 0 Å². The molecule has 0 radical (unpaired) electrons. The van der Waals surface area contributed by atoms with Crippen LogP contribution >= 0.6 is 0 Å². The fraction of sp³-hybridized carbons (Fsp3) is 1.00. The molecule has 1 fully saturated rings. The lowest BCUT2D eigenvalue weighted by Gasteiger charge is -2.39. The number of hydrogen-bond acceptors (Lipinski definition) is 6. The zero-order chi connectivity index (χ0) is 15.0. The summed E-state index contributed by atoms with van der Waals surface area (Å²) in [6.45, 7) is 2.17. The Hall–Kier alpha value is -0.240. The van der Waals surface area contributed by atoms with Gasteiger partial charge in [-0.1, -0.05) is 39.0 Å². The van der Waals surface area contributed by atoms with Crippen LogP contribution in [0.2, 0.25) is 0 Å². The molecule has 1 aliphatic rings. The summed E-state index contributed by atoms with van der Waals surface area (Å²) in [4.78, 5) is 0. The van der Waals surface area contributed by atoms with Crippen LogP contribution in [0.15, 0.2) is 0 Å². The van der Waals surface area contributed by atoms with E-state index in [0.717, 1.165) is 19.3 Å². The fourth-order valence-corrected chi connectivity index (χ4v) is 2.29. The number of aliphatic hydroxyl groups is 4. The molecule has 1 heterocycles. The summed E-state index contributed by atoms with van der Waals surface area (Å²) in [5.41, 5.74) is 0. The van der Waals surface area contributed by atoms with Crippen LogP contribution < -0.4 is 0 Å². The average molecular weight is 292 g/mol. The van der Waals surface area contributed by atoms with Crippen molar-refractivity contribution < 1.29 is 29.9 Å². The first-order valence-corrected chi connectivity index (χ1v) is 7.54. The Bertz CT molecular complexity index is 248. The molecule has 0 aromatic carbocycles. The van der Waals surface area contributed by atoms with E-state index in [1.165, 1.54) is 19.3 Å². The van der Waals surface area contributed by atoms with Gasteiger partial charge in [0.1, 0.15) is 24.4 Å². The number of ether oxygens (including phenoxy) is 2. The minimum Gasteiger partial charge on any atom is -0.394 e. The van der Waals surface area contributed by atoms with Crippen LogP contribution in [0.3, 0.4) is 0 Å². The summed E-state index contributed by atoms with van der Waals surface area (Å²) in [5.74, 6) is 0. The molecule has 120 valence electrons. The van der Waals surface area contributed by atoms with E-state index in [1.54, 1.807) is 0 Å². The van der Waals surface area contributed by atoms with Crippen molar-refractivity contribution in [3.8, 4) is 0 Å². The van der Waals surface area contributed by atoms with Gasteiger partial charge in [0, 0.05) is 6.61 Å². The van der Waals surface area contributed by atoms with Gasteiger partial charge in [0.25, 0.3) is 0 Å². The normalized spacial score (nSPS) is 34.4. The lowest BCUT2D eigenvalue weighted by atomic mass is 9.99. The first-order valence-electron chi connectivity index (χ1n) is 7.54. The molecule has 2 unspecified atom stereocenters. The van der Waals surface area contributed by atoms with Gasteiger partial charge in [-0.05, 0) is 6.42 Å². The Morgan fingerprint density at radius 2 is 1.55 bits per heavy atom. The summed E-state index contributed by atoms with van der Waals surface area (Å²) >= 11 is 0. The minimum atomic E-state index is -1.37. The highest BCUT2D eigenvalue weighted by Gasteiger charge is 2.43. The summed E-state index contributed by atoms with van der Waals surface area (Å²) in [6, 6.07) is 0. The molecule has 1 aliphatic heterocycles. The lowest BCUT2D eigenvalue weighted by Crippen LogP contribution is -2.59. The SMILES string of the molecule is CCCCCCCCO[C@@H]1OC(CO)[C@H](O)[C@H](O)C1O. The second-order valence-corrected chi connectivity index (χ2v) is 5.34. The maximum Gasteiger partial charge on any atom is 0.186 e. The van der Waals surface area contributed by atoms with E-state index in [1.807, 2.05) is 0 Å². The third kappa shape index (κ3) is 5.27. The highest BCUT2D eigenvalue weighted by molar-refractivity contribution is 4.88. The fourth-order valence-electron chi connectivity index (χ4n) is 2.29. The van der Waals surface area contributed by atoms with Gasteiger partial charge in [0.05, 0.1) is 6.61 Å². The Morgan fingerprint density at radius 1 is 0.900 bits per heavy atom. The van der Waals surface area contributed by atoms with Crippen LogP contribution in [0, 0.1) is 0 Å². The van der Waals surface area contributed by atoms with Crippen LogP contribution in [0.4, 0.5) is 0 Å². The van der Waals surface area contributed by atoms with Gasteiger partial charge in [0.2, 0.25) is 0 Å². The first-order chi connectivity index (χ1) is 9.61. The van der Waals surface area contributed by atoms with E-state index in [-0.39, 0.29) is 0 Å². The van der Waals surface area contributed by atoms with Gasteiger partial charge < -0.3 is 29.9 Å². The molecule has 0 aromatic rings. The standard InChI is InChI=1S/C14H28O6/c1-2-3-4-5-6-7-8-19-14-13(18)12(17)11(16)10(9-15)20-14/h10-18H,2-9H2,1H3/t10?,11-,12-,13?,14+/m0/s1. The molecule has 0 amide bonds. The van der Waals surface area contributed by atoms with Gasteiger partial charge in [-0.3, -0.25) is 0 Å². The van der Waals surface area contributed by atoms with Gasteiger partial charge in [0.15, 0.2) is 6.29 Å². The second-order valence-electron chi connectivity index (χ2n) is 5.34. The molecular weight excluding hydrogens is 264 g/mol. The highest BCUT2D eigenvalue weighted by Crippen LogP contribution is 2.22. The zero-order valence-corrected chi connectivity index (χ0v) is 12.1. The predicted molar refractivity (Wildman–Crippen MR) is 73.1 cm³/mol. The van der Waals surface area contributed by atoms with Crippen LogP contribution in [-0.2, 0) is 9.47 Å². The average Bonchev–Trinajstić information content (AvgIpc) is 2.46. The van der Waals surface area contributed by atoms with Crippen molar-refractivity contribution in [2.45, 2.75) is 76.2 Å². The molecular formula is C14H28O6. The maximum atomic E-state index is 9.75. The number of unbranched alkanes of at least 4 members (excludes halogenated alkanes) is 5. The topological polar surface area (TPSA) is 99.4 Å². The molecule has 4 N–H and O–H groups in total. The molecule has 0 bridgehead atoms. The highest BCUT2D eigenvalue weighted by atomic mass is 16.7. The van der Waals surface area contributed by atoms with E-state index in [2.05, 4.69) is 6.92 Å². The van der Waals surface area contributed by atoms with E-state index >= 15 is 0 Å². The zero-order valence-electron chi connectivity index (χ0n) is 12.1. The minimum absolute atomic E-state index is 0.425. The second kappa shape index (κ2) is 9.65. The van der Waals surface area contributed by atoms with Gasteiger partial charge in [-0.25, -0.2) is 0 Å². The van der Waals surface area contributed by atoms with Crippen molar-refractivity contribution in [1.29, 1.82) is 0 Å². The lowest BCUT2D eigenvalue weighted by molar-refractivity contribution is -0.301. The van der Waals surface area contributed by atoms with Crippen molar-refractivity contribution in [3.05, 3.63) is 0 Å². The number of aliphatic hydroxyl groups excluding tert-OH is 4. The van der Waals surface area contributed by atoms with Gasteiger partial charge >= 0.3 is 0 Å². The van der Waals surface area contributed by atoms with Gasteiger partial charge in [-0.15, -0.1) is 0 Å². The van der Waals surface area contributed by atoms with Crippen molar-refractivity contribution in [2.75, 3.05) is 13.2 Å². The quantitative estimate of drug-likeness (QED) is 0.452. The predicted octanol–water partition coefficient (Wildman–Crippen LogP) is 0.163. The monoisotopic (exact) mass is 292 g/mol. The van der Waals surface area contributed by atoms with Crippen molar-refractivity contribution in [1.82, 2.24) is 0 Å². The Balaban J connectivity index is 2.21. The first kappa shape index (κ1) is 17.8. The van der Waals surface area contributed by atoms with Crippen LogP contribution in [0.1, 0.15) is 45.4 Å². The summed E-state index contributed by atoms with van der Waals surface area (Å²) < 4.78 is 10.6. The molecule has 20 heavy (non-hydrogen) atoms. The number of rotatable bonds is 9. The van der Waals surface area contributed by atoms with E-state index < -0.39 is 37.3 Å². The maximum absolute atomic E-state index is 9.75. The van der Waals surface area contributed by atoms with Crippen LogP contribution in [-0.4, -0.2) is 64.3 Å². The molecule has 6 nitrogen and oxygen atoms in total. The molecule has 0 aromatic heterocycles. The Morgan fingerprint density at radius 3 is 2.20 bits per heavy atom. The largest absolute Gasteiger partial charge is 0.394 e. The van der Waals surface area contributed by atoms with Crippen molar-refractivity contribution >= 4 is 0 Å². The van der Waals surface area contributed by atoms with Crippen LogP contribution in [0.5, 0.6) is 0 Å². The van der Waals surface area contributed by atoms with E-state index in [9.17, 15) is 15.3 Å². The molecule has 1 rings (SSSR count). The molecule has 1 saturated heterocycles. The smallest absolute Gasteiger partial charge is 0.186 e. The third-order valence-corrected chi connectivity index (χ3v) is 3.63. The summed E-state index contributed by atoms with van der Waals surface area (Å²) in [5, 5.41) is 38.0. The van der Waals surface area contributed by atoms with Crippen LogP contribution in [0.25, 0.3) is 0 Å². The molecule has 0 spiro atoms. The molecule has 0 saturated carbocycles. The molecule has 6 heteroatoms. The number of hydrogen-bond donors (Lipinski definition) is 4. The molecule has 5 atom stereocenters. The Kier molecular flexibility index (Phi) is 8.60.